The van der Waals surface area contributed by atoms with Crippen LogP contribution in [0.3, 0.4) is 0 Å². The van der Waals surface area contributed by atoms with E-state index in [2.05, 4.69) is 25.6 Å². The standard InChI is InChI=1S/C22H23F3N6O/c1-12-4-5-16(29-21(32)31-7-6-15(11-31)22(23,24)25)9-17(12)18-8-14-10-27-20(26-3)30-19(14)28-13(18)2/h4-5,8-10,15H,6-7,11H2,1-3H3,(H,29,32)(H,26,27,28,30). The average molecular weight is 444 g/mol. The van der Waals surface area contributed by atoms with E-state index in [0.29, 0.717) is 17.3 Å². The number of amides is 2. The quantitative estimate of drug-likeness (QED) is 0.608. The van der Waals surface area contributed by atoms with Gasteiger partial charge in [0.05, 0.1) is 5.92 Å². The molecule has 1 atom stereocenters. The first-order chi connectivity index (χ1) is 15.2. The number of nitrogens with one attached hydrogen (secondary N) is 2. The summed E-state index contributed by atoms with van der Waals surface area (Å²) in [6.07, 6.45) is -2.67. The molecular formula is C22H23F3N6O. The Labute approximate surface area is 183 Å². The smallest absolute Gasteiger partial charge is 0.357 e. The molecule has 1 aromatic carbocycles. The number of carbonyl (C=O) groups excluding carboxylic acids is 1. The Morgan fingerprint density at radius 1 is 1.16 bits per heavy atom. The summed E-state index contributed by atoms with van der Waals surface area (Å²) in [4.78, 5) is 26.9. The number of pyridine rings is 1. The number of carbonyl (C=O) groups is 1. The van der Waals surface area contributed by atoms with Gasteiger partial charge in [-0.05, 0) is 49.6 Å². The molecule has 10 heteroatoms. The molecule has 0 spiro atoms. The van der Waals surface area contributed by atoms with E-state index in [1.165, 1.54) is 4.90 Å². The fraction of sp³-hybridized carbons (Fsp3) is 0.364. The molecule has 2 aromatic heterocycles. The van der Waals surface area contributed by atoms with E-state index in [9.17, 15) is 18.0 Å². The number of alkyl halides is 3. The van der Waals surface area contributed by atoms with Crippen LogP contribution in [0.5, 0.6) is 0 Å². The van der Waals surface area contributed by atoms with Crippen LogP contribution < -0.4 is 10.6 Å². The van der Waals surface area contributed by atoms with Crippen LogP contribution in [0.4, 0.5) is 29.6 Å². The van der Waals surface area contributed by atoms with E-state index >= 15 is 0 Å². The van der Waals surface area contributed by atoms with Gasteiger partial charge in [0.1, 0.15) is 0 Å². The highest BCUT2D eigenvalue weighted by Crippen LogP contribution is 2.34. The number of nitrogens with zero attached hydrogens (tertiary/aromatic N) is 4. The summed E-state index contributed by atoms with van der Waals surface area (Å²) >= 11 is 0. The maximum Gasteiger partial charge on any atom is 0.393 e. The topological polar surface area (TPSA) is 83.0 Å². The van der Waals surface area contributed by atoms with Crippen molar-refractivity contribution >= 4 is 28.7 Å². The number of benzene rings is 1. The second-order valence-corrected chi connectivity index (χ2v) is 7.91. The fourth-order valence-corrected chi connectivity index (χ4v) is 3.85. The zero-order valence-electron chi connectivity index (χ0n) is 17.9. The van der Waals surface area contributed by atoms with Crippen molar-refractivity contribution in [3.05, 3.63) is 41.7 Å². The zero-order valence-corrected chi connectivity index (χ0v) is 17.9. The summed E-state index contributed by atoms with van der Waals surface area (Å²) in [7, 11) is 1.73. The molecular weight excluding hydrogens is 421 g/mol. The van der Waals surface area contributed by atoms with E-state index in [0.717, 1.165) is 27.8 Å². The first-order valence-corrected chi connectivity index (χ1v) is 10.2. The Balaban J connectivity index is 1.59. The molecule has 32 heavy (non-hydrogen) atoms. The number of hydrogen-bond donors (Lipinski definition) is 2. The molecule has 0 saturated carbocycles. The molecule has 2 amide bonds. The number of anilines is 2. The van der Waals surface area contributed by atoms with Crippen molar-refractivity contribution in [2.24, 2.45) is 5.92 Å². The van der Waals surface area contributed by atoms with Gasteiger partial charge in [-0.15, -0.1) is 0 Å². The highest BCUT2D eigenvalue weighted by atomic mass is 19.4. The molecule has 0 aliphatic carbocycles. The number of rotatable bonds is 3. The highest BCUT2D eigenvalue weighted by molar-refractivity contribution is 5.91. The van der Waals surface area contributed by atoms with Gasteiger partial charge in [0.15, 0.2) is 5.65 Å². The molecule has 0 radical (unpaired) electrons. The van der Waals surface area contributed by atoms with Crippen molar-refractivity contribution in [3.8, 4) is 11.1 Å². The Hall–Kier alpha value is -3.43. The van der Waals surface area contributed by atoms with Crippen LogP contribution in [-0.4, -0.2) is 52.2 Å². The monoisotopic (exact) mass is 444 g/mol. The van der Waals surface area contributed by atoms with Crippen LogP contribution >= 0.6 is 0 Å². The summed E-state index contributed by atoms with van der Waals surface area (Å²) in [6.45, 7) is 3.58. The second-order valence-electron chi connectivity index (χ2n) is 7.91. The molecule has 1 unspecified atom stereocenters. The third kappa shape index (κ3) is 4.30. The molecule has 1 saturated heterocycles. The molecule has 1 aliphatic heterocycles. The first kappa shape index (κ1) is 21.8. The SMILES string of the molecule is CNc1ncc2cc(-c3cc(NC(=O)N4CCC(C(F)(F)F)C4)ccc3C)c(C)nc2n1. The van der Waals surface area contributed by atoms with Gasteiger partial charge in [0, 0.05) is 48.7 Å². The van der Waals surface area contributed by atoms with Crippen molar-refractivity contribution in [3.63, 3.8) is 0 Å². The summed E-state index contributed by atoms with van der Waals surface area (Å²) in [5, 5.41) is 6.39. The van der Waals surface area contributed by atoms with Crippen molar-refractivity contribution in [1.82, 2.24) is 19.9 Å². The van der Waals surface area contributed by atoms with Crippen molar-refractivity contribution < 1.29 is 18.0 Å². The lowest BCUT2D eigenvalue weighted by Crippen LogP contribution is -2.35. The molecule has 4 rings (SSSR count). The Kier molecular flexibility index (Phi) is 5.62. The van der Waals surface area contributed by atoms with E-state index in [4.69, 9.17) is 0 Å². The summed E-state index contributed by atoms with van der Waals surface area (Å²) in [5.74, 6) is -0.994. The summed E-state index contributed by atoms with van der Waals surface area (Å²) < 4.78 is 38.8. The van der Waals surface area contributed by atoms with Crippen molar-refractivity contribution in [2.45, 2.75) is 26.4 Å². The number of aryl methyl sites for hydroxylation is 2. The second kappa shape index (κ2) is 8.25. The van der Waals surface area contributed by atoms with Gasteiger partial charge in [-0.1, -0.05) is 6.07 Å². The average Bonchev–Trinajstić information content (AvgIpc) is 3.25. The Bertz CT molecular complexity index is 1180. The van der Waals surface area contributed by atoms with Crippen LogP contribution in [0.15, 0.2) is 30.5 Å². The first-order valence-electron chi connectivity index (χ1n) is 10.2. The minimum Gasteiger partial charge on any atom is -0.357 e. The van der Waals surface area contributed by atoms with Gasteiger partial charge in [-0.3, -0.25) is 0 Å². The van der Waals surface area contributed by atoms with Crippen LogP contribution in [0.25, 0.3) is 22.2 Å². The molecule has 168 valence electrons. The number of aromatic nitrogens is 3. The van der Waals surface area contributed by atoms with E-state index < -0.39 is 18.1 Å². The molecule has 7 nitrogen and oxygen atoms in total. The predicted octanol–water partition coefficient (Wildman–Crippen LogP) is 4.77. The molecule has 3 heterocycles. The molecule has 1 fully saturated rings. The van der Waals surface area contributed by atoms with E-state index in [1.807, 2.05) is 32.0 Å². The van der Waals surface area contributed by atoms with Gasteiger partial charge >= 0.3 is 12.2 Å². The third-order valence-corrected chi connectivity index (χ3v) is 5.70. The van der Waals surface area contributed by atoms with Crippen LogP contribution in [0, 0.1) is 19.8 Å². The molecule has 0 bridgehead atoms. The third-order valence-electron chi connectivity index (χ3n) is 5.70. The van der Waals surface area contributed by atoms with E-state index in [1.54, 1.807) is 19.3 Å². The summed E-state index contributed by atoms with van der Waals surface area (Å²) in [6, 6.07) is 6.81. The number of likely N-dealkylation sites (tertiary alicyclic amines) is 1. The maximum absolute atomic E-state index is 12.9. The largest absolute Gasteiger partial charge is 0.393 e. The Morgan fingerprint density at radius 3 is 2.62 bits per heavy atom. The van der Waals surface area contributed by atoms with Gasteiger partial charge in [0.2, 0.25) is 5.95 Å². The molecule has 3 aromatic rings. The zero-order chi connectivity index (χ0) is 23.0. The molecule has 1 aliphatic rings. The minimum absolute atomic E-state index is 0.0740. The fourth-order valence-electron chi connectivity index (χ4n) is 3.85. The maximum atomic E-state index is 12.9. The predicted molar refractivity (Wildman–Crippen MR) is 117 cm³/mol. The van der Waals surface area contributed by atoms with E-state index in [-0.39, 0.29) is 19.5 Å². The van der Waals surface area contributed by atoms with Gasteiger partial charge in [0.25, 0.3) is 0 Å². The van der Waals surface area contributed by atoms with Crippen molar-refractivity contribution in [2.75, 3.05) is 30.8 Å². The number of halogens is 3. The van der Waals surface area contributed by atoms with Gasteiger partial charge < -0.3 is 15.5 Å². The van der Waals surface area contributed by atoms with Crippen LogP contribution in [-0.2, 0) is 0 Å². The lowest BCUT2D eigenvalue weighted by Gasteiger charge is -2.19. The highest BCUT2D eigenvalue weighted by Gasteiger charge is 2.44. The van der Waals surface area contributed by atoms with Crippen molar-refractivity contribution in [1.29, 1.82) is 0 Å². The minimum atomic E-state index is -4.29. The van der Waals surface area contributed by atoms with Crippen LogP contribution in [0.1, 0.15) is 17.7 Å². The van der Waals surface area contributed by atoms with Gasteiger partial charge in [-0.2, -0.15) is 18.2 Å². The molecule has 2 N–H and O–H groups in total. The number of fused-ring (bicyclic) bond motifs is 1. The lowest BCUT2D eigenvalue weighted by molar-refractivity contribution is -0.169. The summed E-state index contributed by atoms with van der Waals surface area (Å²) in [5.41, 5.74) is 4.54. The van der Waals surface area contributed by atoms with Crippen LogP contribution in [0.2, 0.25) is 0 Å². The lowest BCUT2D eigenvalue weighted by atomic mass is 9.98. The number of hydrogen-bond acceptors (Lipinski definition) is 5. The number of urea groups is 1. The van der Waals surface area contributed by atoms with Gasteiger partial charge in [-0.25, -0.2) is 14.8 Å². The normalized spacial score (nSPS) is 16.4. The Morgan fingerprint density at radius 2 is 1.94 bits per heavy atom.